The van der Waals surface area contributed by atoms with Gasteiger partial charge in [0.05, 0.1) is 30.4 Å². The zero-order valence-corrected chi connectivity index (χ0v) is 27.8. The summed E-state index contributed by atoms with van der Waals surface area (Å²) in [6.07, 6.45) is 1.98. The maximum Gasteiger partial charge on any atom is 0.272 e. The van der Waals surface area contributed by atoms with Crippen molar-refractivity contribution in [3.63, 3.8) is 0 Å². The number of hydrogen-bond acceptors (Lipinski definition) is 5. The third kappa shape index (κ3) is 7.40. The summed E-state index contributed by atoms with van der Waals surface area (Å²) >= 11 is 0. The number of para-hydroxylation sites is 1. The molecule has 1 saturated heterocycles. The molecule has 4 aromatic rings. The summed E-state index contributed by atoms with van der Waals surface area (Å²) < 4.78 is 22.6. The van der Waals surface area contributed by atoms with E-state index in [4.69, 9.17) is 4.74 Å². The first-order chi connectivity index (χ1) is 21.4. The molecule has 1 fully saturated rings. The smallest absolute Gasteiger partial charge is 0.272 e. The highest BCUT2D eigenvalue weighted by atomic mass is 32.2. The number of nitrogens with zero attached hydrogens (tertiary/aromatic N) is 3. The molecule has 0 bridgehead atoms. The third-order valence-electron chi connectivity index (χ3n) is 8.35. The fraction of sp³-hybridized carbons (Fsp3) is 0.371. The fourth-order valence-corrected chi connectivity index (χ4v) is 6.38. The number of carbonyl (C=O) groups is 2. The maximum absolute atomic E-state index is 13.8. The molecule has 1 aromatic heterocycles. The zero-order valence-electron chi connectivity index (χ0n) is 27.0. The van der Waals surface area contributed by atoms with E-state index < -0.39 is 11.0 Å². The molecule has 5 rings (SSSR count). The molecule has 2 amide bonds. The molecule has 1 atom stereocenters. The predicted molar refractivity (Wildman–Crippen MR) is 182 cm³/mol. The van der Waals surface area contributed by atoms with Crippen molar-refractivity contribution in [3.8, 4) is 5.75 Å². The number of methoxy groups -OCH3 is 1. The Morgan fingerprint density at radius 2 is 1.62 bits per heavy atom. The molecular weight excluding hydrogens is 586 g/mol. The van der Waals surface area contributed by atoms with Gasteiger partial charge in [0, 0.05) is 51.4 Å². The number of aromatic nitrogens is 1. The van der Waals surface area contributed by atoms with Crippen molar-refractivity contribution in [3.05, 3.63) is 89.1 Å². The summed E-state index contributed by atoms with van der Waals surface area (Å²) in [5.74, 6) is 0.321. The summed E-state index contributed by atoms with van der Waals surface area (Å²) in [5.41, 5.74) is 5.50. The highest BCUT2D eigenvalue weighted by molar-refractivity contribution is 7.85. The van der Waals surface area contributed by atoms with Gasteiger partial charge in [-0.1, -0.05) is 69.3 Å². The average molecular weight is 630 g/mol. The van der Waals surface area contributed by atoms with Crippen LogP contribution in [0.25, 0.3) is 10.9 Å². The zero-order chi connectivity index (χ0) is 32.3. The summed E-state index contributed by atoms with van der Waals surface area (Å²) in [4.78, 5) is 31.0. The van der Waals surface area contributed by atoms with Gasteiger partial charge < -0.3 is 24.2 Å². The van der Waals surface area contributed by atoms with E-state index in [-0.39, 0.29) is 17.2 Å². The highest BCUT2D eigenvalue weighted by Crippen LogP contribution is 2.39. The number of piperazine rings is 1. The lowest BCUT2D eigenvalue weighted by atomic mass is 9.86. The monoisotopic (exact) mass is 629 g/mol. The van der Waals surface area contributed by atoms with Gasteiger partial charge in [-0.3, -0.25) is 14.5 Å². The van der Waals surface area contributed by atoms with Crippen LogP contribution >= 0.6 is 0 Å². The minimum Gasteiger partial charge on any atom is -0.492 e. The second-order valence-electron chi connectivity index (χ2n) is 12.6. The lowest BCUT2D eigenvalue weighted by Gasteiger charge is -2.35. The second kappa shape index (κ2) is 13.5. The number of amides is 2. The number of rotatable bonds is 9. The van der Waals surface area contributed by atoms with Crippen LogP contribution in [0.1, 0.15) is 48.0 Å². The summed E-state index contributed by atoms with van der Waals surface area (Å²) in [6, 6.07) is 21.8. The van der Waals surface area contributed by atoms with Crippen LogP contribution in [0.2, 0.25) is 0 Å². The molecular formula is C35H43N5O4S. The van der Waals surface area contributed by atoms with Gasteiger partial charge in [0.1, 0.15) is 16.7 Å². The van der Waals surface area contributed by atoms with Gasteiger partial charge in [0.25, 0.3) is 5.91 Å². The lowest BCUT2D eigenvalue weighted by molar-refractivity contribution is -0.132. The van der Waals surface area contributed by atoms with E-state index in [0.717, 1.165) is 47.2 Å². The molecule has 0 aliphatic carbocycles. The normalized spacial score (nSPS) is 14.8. The first-order valence-corrected chi connectivity index (χ1v) is 16.8. The van der Waals surface area contributed by atoms with Crippen LogP contribution in [-0.2, 0) is 41.2 Å². The molecule has 2 N–H and O–H groups in total. The first kappa shape index (κ1) is 32.2. The number of hydrogen-bond donors (Lipinski definition) is 2. The number of ether oxygens (including phenoxy) is 1. The Morgan fingerprint density at radius 3 is 2.27 bits per heavy atom. The molecule has 0 saturated carbocycles. The number of benzene rings is 3. The van der Waals surface area contributed by atoms with E-state index in [1.165, 1.54) is 7.11 Å². The largest absolute Gasteiger partial charge is 0.492 e. The number of aryl methyl sites for hydroxylation is 1. The lowest BCUT2D eigenvalue weighted by Crippen LogP contribution is -2.48. The van der Waals surface area contributed by atoms with Crippen molar-refractivity contribution in [1.29, 1.82) is 0 Å². The van der Waals surface area contributed by atoms with Crippen LogP contribution < -0.4 is 14.8 Å². The van der Waals surface area contributed by atoms with Crippen molar-refractivity contribution in [1.82, 2.24) is 14.4 Å². The van der Waals surface area contributed by atoms with E-state index in [9.17, 15) is 13.8 Å². The molecule has 1 aliphatic heterocycles. The van der Waals surface area contributed by atoms with Gasteiger partial charge in [-0.05, 0) is 40.3 Å². The van der Waals surface area contributed by atoms with Crippen molar-refractivity contribution in [2.24, 2.45) is 7.05 Å². The topological polar surface area (TPSA) is 95.9 Å². The van der Waals surface area contributed by atoms with Gasteiger partial charge in [-0.2, -0.15) is 0 Å². The average Bonchev–Trinajstić information content (AvgIpc) is 3.34. The van der Waals surface area contributed by atoms with Crippen LogP contribution in [0, 0.1) is 0 Å². The number of anilines is 2. The second-order valence-corrected chi connectivity index (χ2v) is 13.7. The SMILES string of the molecule is COc1c(NC(=O)c2cc3cccc(CN4CCN(C(=O)Cc5ccccc5)CC4)c3n2C)cc(C(C)(C)C)cc1NS(C)=O. The Kier molecular flexibility index (Phi) is 9.65. The predicted octanol–water partition coefficient (Wildman–Crippen LogP) is 5.33. The standard InChI is InChI=1S/C35H43N5O4S/c1-35(2,3)27-21-28(33(44-5)29(22-27)37-45(6)43)36-34(42)30-20-25-13-10-14-26(32(25)38(30)4)23-39-15-17-40(18-16-39)31(41)19-24-11-8-7-9-12-24/h7-14,20-22,37H,15-19,23H2,1-6H3,(H,36,42). The maximum atomic E-state index is 13.8. The van der Waals surface area contributed by atoms with Gasteiger partial charge in [0.15, 0.2) is 5.75 Å². The van der Waals surface area contributed by atoms with Gasteiger partial charge in [-0.15, -0.1) is 0 Å². The molecule has 45 heavy (non-hydrogen) atoms. The minimum absolute atomic E-state index is 0.163. The van der Waals surface area contributed by atoms with Crippen LogP contribution in [0.15, 0.2) is 66.7 Å². The Labute approximate surface area is 268 Å². The molecule has 1 unspecified atom stereocenters. The Bertz CT molecular complexity index is 1720. The molecule has 0 radical (unpaired) electrons. The van der Waals surface area contributed by atoms with Crippen molar-refractivity contribution in [2.45, 2.75) is 39.2 Å². The van der Waals surface area contributed by atoms with E-state index in [1.54, 1.807) is 6.26 Å². The Hall–Kier alpha value is -4.15. The van der Waals surface area contributed by atoms with E-state index in [0.29, 0.717) is 42.3 Å². The molecule has 1 aliphatic rings. The molecule has 238 valence electrons. The van der Waals surface area contributed by atoms with Crippen molar-refractivity contribution < 1.29 is 18.5 Å². The van der Waals surface area contributed by atoms with Gasteiger partial charge in [-0.25, -0.2) is 4.21 Å². The molecule has 10 heteroatoms. The third-order valence-corrected chi connectivity index (χ3v) is 8.86. The highest BCUT2D eigenvalue weighted by Gasteiger charge is 2.25. The minimum atomic E-state index is -1.32. The Balaban J connectivity index is 1.33. The van der Waals surface area contributed by atoms with E-state index in [2.05, 4.69) is 41.8 Å². The summed E-state index contributed by atoms with van der Waals surface area (Å²) in [5, 5.41) is 4.05. The van der Waals surface area contributed by atoms with Gasteiger partial charge in [0.2, 0.25) is 5.91 Å². The molecule has 9 nitrogen and oxygen atoms in total. The first-order valence-electron chi connectivity index (χ1n) is 15.2. The number of nitrogens with one attached hydrogen (secondary N) is 2. The van der Waals surface area contributed by atoms with Crippen molar-refractivity contribution >= 4 is 45.1 Å². The molecule has 2 heterocycles. The van der Waals surface area contributed by atoms with Crippen LogP contribution in [0.3, 0.4) is 0 Å². The van der Waals surface area contributed by atoms with Crippen LogP contribution in [-0.4, -0.2) is 69.9 Å². The van der Waals surface area contributed by atoms with Crippen LogP contribution in [0.5, 0.6) is 5.75 Å². The van der Waals surface area contributed by atoms with Crippen molar-refractivity contribution in [2.75, 3.05) is 49.6 Å². The van der Waals surface area contributed by atoms with E-state index >= 15 is 0 Å². The molecule has 3 aromatic carbocycles. The summed E-state index contributed by atoms with van der Waals surface area (Å²) in [7, 11) is 2.12. The van der Waals surface area contributed by atoms with Crippen LogP contribution in [0.4, 0.5) is 11.4 Å². The summed E-state index contributed by atoms with van der Waals surface area (Å²) in [6.45, 7) is 9.94. The number of fused-ring (bicyclic) bond motifs is 1. The molecule has 0 spiro atoms. The fourth-order valence-electron chi connectivity index (χ4n) is 5.92. The van der Waals surface area contributed by atoms with Gasteiger partial charge >= 0.3 is 0 Å². The number of carbonyl (C=O) groups excluding carboxylic acids is 2. The quantitative estimate of drug-likeness (QED) is 0.261. The van der Waals surface area contributed by atoms with E-state index in [1.807, 2.05) is 77.2 Å². The Morgan fingerprint density at radius 1 is 0.933 bits per heavy atom.